The van der Waals surface area contributed by atoms with Gasteiger partial charge < -0.3 is 25.0 Å². The molecule has 0 aliphatic carbocycles. The van der Waals surface area contributed by atoms with E-state index in [0.717, 1.165) is 5.56 Å². The van der Waals surface area contributed by atoms with E-state index in [1.54, 1.807) is 4.90 Å². The summed E-state index contributed by atoms with van der Waals surface area (Å²) >= 11 is 0. The van der Waals surface area contributed by atoms with Crippen molar-refractivity contribution in [1.29, 1.82) is 0 Å². The largest absolute Gasteiger partial charge is 0.416 e. The van der Waals surface area contributed by atoms with E-state index in [4.69, 9.17) is 9.47 Å². The minimum absolute atomic E-state index is 0.0000923. The van der Waals surface area contributed by atoms with Gasteiger partial charge in [0.25, 0.3) is 0 Å². The number of hydrogen-bond donors (Lipinski definition) is 2. The minimum atomic E-state index is -4.94. The van der Waals surface area contributed by atoms with Crippen LogP contribution in [0.4, 0.5) is 31.1 Å². The van der Waals surface area contributed by atoms with Crippen LogP contribution in [0, 0.1) is 0 Å². The van der Waals surface area contributed by atoms with Crippen LogP contribution >= 0.6 is 0 Å². The second kappa shape index (κ2) is 11.7. The molecule has 39 heavy (non-hydrogen) atoms. The quantitative estimate of drug-likeness (QED) is 0.460. The van der Waals surface area contributed by atoms with E-state index < -0.39 is 35.1 Å². The molecule has 3 unspecified atom stereocenters. The third-order valence-corrected chi connectivity index (χ3v) is 7.22. The van der Waals surface area contributed by atoms with Crippen molar-refractivity contribution < 1.29 is 40.6 Å². The molecule has 2 aliphatic heterocycles. The van der Waals surface area contributed by atoms with Gasteiger partial charge in [-0.2, -0.15) is 26.3 Å². The van der Waals surface area contributed by atoms with E-state index >= 15 is 0 Å². The maximum absolute atomic E-state index is 13.3. The van der Waals surface area contributed by atoms with E-state index in [2.05, 4.69) is 10.6 Å². The van der Waals surface area contributed by atoms with Crippen LogP contribution in [-0.2, 0) is 27.4 Å². The Morgan fingerprint density at radius 2 is 1.69 bits per heavy atom. The molecular weight excluding hydrogens is 528 g/mol. The van der Waals surface area contributed by atoms with Crippen LogP contribution in [0.25, 0.3) is 0 Å². The Labute approximate surface area is 222 Å². The van der Waals surface area contributed by atoms with Gasteiger partial charge in [-0.15, -0.1) is 0 Å². The number of morpholine rings is 1. The monoisotopic (exact) mass is 559 g/mol. The Morgan fingerprint density at radius 1 is 1.08 bits per heavy atom. The molecule has 2 aliphatic rings. The first kappa shape index (κ1) is 29.2. The molecule has 0 bridgehead atoms. The molecule has 2 heterocycles. The van der Waals surface area contributed by atoms with Gasteiger partial charge in [0.05, 0.1) is 42.6 Å². The van der Waals surface area contributed by atoms with Crippen LogP contribution in [0.5, 0.6) is 0 Å². The molecule has 0 saturated carbocycles. The fourth-order valence-corrected chi connectivity index (χ4v) is 4.87. The lowest BCUT2D eigenvalue weighted by atomic mass is 9.81. The lowest BCUT2D eigenvalue weighted by Gasteiger charge is -2.42. The van der Waals surface area contributed by atoms with Gasteiger partial charge in [-0.25, -0.2) is 4.79 Å². The van der Waals surface area contributed by atoms with Gasteiger partial charge in [0, 0.05) is 25.7 Å². The number of piperidine rings is 1. The lowest BCUT2D eigenvalue weighted by molar-refractivity contribution is -0.143. The van der Waals surface area contributed by atoms with E-state index in [1.165, 1.54) is 6.92 Å². The first-order valence-electron chi connectivity index (χ1n) is 12.7. The van der Waals surface area contributed by atoms with Crippen molar-refractivity contribution in [2.45, 2.75) is 49.8 Å². The second-order valence-corrected chi connectivity index (χ2v) is 9.91. The fraction of sp³-hybridized carbons (Fsp3) is 0.519. The Morgan fingerprint density at radius 3 is 2.23 bits per heavy atom. The summed E-state index contributed by atoms with van der Waals surface area (Å²) in [4.78, 5) is 14.3. The van der Waals surface area contributed by atoms with Gasteiger partial charge in [0.1, 0.15) is 0 Å². The molecule has 6 nitrogen and oxygen atoms in total. The van der Waals surface area contributed by atoms with E-state index in [1.807, 2.05) is 30.3 Å². The number of alkyl halides is 6. The topological polar surface area (TPSA) is 62.8 Å². The molecule has 3 atom stereocenters. The van der Waals surface area contributed by atoms with E-state index in [0.29, 0.717) is 57.8 Å². The number of benzene rings is 2. The number of hydrogen-bond acceptors (Lipinski definition) is 4. The Kier molecular flexibility index (Phi) is 8.77. The summed E-state index contributed by atoms with van der Waals surface area (Å²) in [6.07, 6.45) is -9.81. The molecule has 0 radical (unpaired) electrons. The summed E-state index contributed by atoms with van der Waals surface area (Å²) in [6.45, 7) is 3.83. The zero-order chi connectivity index (χ0) is 28.3. The smallest absolute Gasteiger partial charge is 0.378 e. The SMILES string of the molecule is CC(OCC1(c2ccccc2)CCC(NC(=O)N2CCOCC2)CN1)c1cc(C(F)(F)F)cc(C(F)(F)F)c1. The van der Waals surface area contributed by atoms with E-state index in [-0.39, 0.29) is 30.3 Å². The molecule has 2 aromatic carbocycles. The van der Waals surface area contributed by atoms with Gasteiger partial charge in [-0.1, -0.05) is 30.3 Å². The van der Waals surface area contributed by atoms with Gasteiger partial charge in [0.15, 0.2) is 0 Å². The summed E-state index contributed by atoms with van der Waals surface area (Å²) in [5, 5.41) is 6.47. The summed E-state index contributed by atoms with van der Waals surface area (Å²) in [5.41, 5.74) is -2.85. The third kappa shape index (κ3) is 7.23. The van der Waals surface area contributed by atoms with Crippen molar-refractivity contribution in [3.8, 4) is 0 Å². The van der Waals surface area contributed by atoms with Crippen LogP contribution in [-0.4, -0.2) is 56.4 Å². The number of carbonyl (C=O) groups excluding carboxylic acids is 1. The number of ether oxygens (including phenoxy) is 2. The van der Waals surface area contributed by atoms with Crippen LogP contribution in [0.1, 0.15) is 48.1 Å². The lowest BCUT2D eigenvalue weighted by Crippen LogP contribution is -2.59. The molecule has 2 fully saturated rings. The number of nitrogens with one attached hydrogen (secondary N) is 2. The number of urea groups is 1. The minimum Gasteiger partial charge on any atom is -0.378 e. The Bertz CT molecular complexity index is 1080. The highest BCUT2D eigenvalue weighted by Crippen LogP contribution is 2.39. The summed E-state index contributed by atoms with van der Waals surface area (Å²) in [5.74, 6) is 0. The summed E-state index contributed by atoms with van der Waals surface area (Å²) in [6, 6.07) is 10.5. The number of rotatable bonds is 6. The molecule has 0 spiro atoms. The van der Waals surface area contributed by atoms with Crippen LogP contribution in [0.15, 0.2) is 48.5 Å². The van der Waals surface area contributed by atoms with Crippen molar-refractivity contribution in [3.05, 3.63) is 70.8 Å². The third-order valence-electron chi connectivity index (χ3n) is 7.22. The van der Waals surface area contributed by atoms with Crippen molar-refractivity contribution in [1.82, 2.24) is 15.5 Å². The number of nitrogens with zero attached hydrogens (tertiary/aromatic N) is 1. The molecule has 2 aromatic rings. The molecular formula is C27H31F6N3O3. The van der Waals surface area contributed by atoms with Gasteiger partial charge >= 0.3 is 18.4 Å². The highest BCUT2D eigenvalue weighted by atomic mass is 19.4. The maximum Gasteiger partial charge on any atom is 0.416 e. The molecule has 4 rings (SSSR count). The highest BCUT2D eigenvalue weighted by molar-refractivity contribution is 5.74. The van der Waals surface area contributed by atoms with Crippen LogP contribution in [0.2, 0.25) is 0 Å². The first-order chi connectivity index (χ1) is 18.4. The zero-order valence-electron chi connectivity index (χ0n) is 21.4. The maximum atomic E-state index is 13.3. The molecule has 12 heteroatoms. The highest BCUT2D eigenvalue weighted by Gasteiger charge is 2.40. The predicted octanol–water partition coefficient (Wildman–Crippen LogP) is 5.49. The van der Waals surface area contributed by atoms with Crippen LogP contribution < -0.4 is 10.6 Å². The standard InChI is InChI=1S/C27H31F6N3O3/c1-18(19-13-21(26(28,29)30)15-22(14-19)27(31,32)33)39-17-25(20-5-3-2-4-6-20)8-7-23(16-34-25)35-24(37)36-9-11-38-12-10-36/h2-6,13-15,18,23,34H,7-12,16-17H2,1H3,(H,35,37). The van der Waals surface area contributed by atoms with Gasteiger partial charge in [-0.05, 0) is 49.1 Å². The first-order valence-corrected chi connectivity index (χ1v) is 12.7. The van der Waals surface area contributed by atoms with Gasteiger partial charge in [0.2, 0.25) is 0 Å². The number of carbonyl (C=O) groups is 1. The molecule has 2 amide bonds. The molecule has 0 aromatic heterocycles. The fourth-order valence-electron chi connectivity index (χ4n) is 4.87. The second-order valence-electron chi connectivity index (χ2n) is 9.91. The van der Waals surface area contributed by atoms with Crippen molar-refractivity contribution in [2.24, 2.45) is 0 Å². The number of amides is 2. The molecule has 2 N–H and O–H groups in total. The van der Waals surface area contributed by atoms with Crippen molar-refractivity contribution >= 4 is 6.03 Å². The van der Waals surface area contributed by atoms with Gasteiger partial charge in [-0.3, -0.25) is 0 Å². The average Bonchev–Trinajstić information content (AvgIpc) is 2.92. The number of halogens is 6. The summed E-state index contributed by atoms with van der Waals surface area (Å²) < 4.78 is 91.3. The predicted molar refractivity (Wildman–Crippen MR) is 131 cm³/mol. The zero-order valence-corrected chi connectivity index (χ0v) is 21.4. The average molecular weight is 560 g/mol. The Hall–Kier alpha value is -2.83. The summed E-state index contributed by atoms with van der Waals surface area (Å²) in [7, 11) is 0. The normalized spacial score (nSPS) is 23.4. The van der Waals surface area contributed by atoms with Crippen LogP contribution in [0.3, 0.4) is 0 Å². The van der Waals surface area contributed by atoms with E-state index in [9.17, 15) is 31.1 Å². The molecule has 214 valence electrons. The molecule has 2 saturated heterocycles. The van der Waals surface area contributed by atoms with Crippen molar-refractivity contribution in [2.75, 3.05) is 39.5 Å². The Balaban J connectivity index is 1.48. The van der Waals surface area contributed by atoms with Crippen molar-refractivity contribution in [3.63, 3.8) is 0 Å².